The smallest absolute Gasteiger partial charge is 0.159 e. The second-order valence-electron chi connectivity index (χ2n) is 4.06. The van der Waals surface area contributed by atoms with Gasteiger partial charge in [0.2, 0.25) is 0 Å². The van der Waals surface area contributed by atoms with E-state index in [0.717, 1.165) is 12.1 Å². The molecule has 0 unspecified atom stereocenters. The monoisotopic (exact) mass is 296 g/mol. The summed E-state index contributed by atoms with van der Waals surface area (Å²) in [5.74, 6) is -2.53. The SMILES string of the molecule is N=C(N)c1cccc(CSc2ccc(F)c(F)c2)c1F. The molecule has 0 fully saturated rings. The summed E-state index contributed by atoms with van der Waals surface area (Å²) in [4.78, 5) is 0.497. The van der Waals surface area contributed by atoms with Crippen molar-refractivity contribution in [3.8, 4) is 0 Å². The highest BCUT2D eigenvalue weighted by molar-refractivity contribution is 7.98. The van der Waals surface area contributed by atoms with Crippen molar-refractivity contribution in [2.45, 2.75) is 10.6 Å². The lowest BCUT2D eigenvalue weighted by Gasteiger charge is -2.07. The number of benzene rings is 2. The van der Waals surface area contributed by atoms with Crippen LogP contribution in [0.25, 0.3) is 0 Å². The van der Waals surface area contributed by atoms with Crippen molar-refractivity contribution in [3.05, 3.63) is 65.0 Å². The van der Waals surface area contributed by atoms with Crippen LogP contribution < -0.4 is 5.73 Å². The average molecular weight is 296 g/mol. The number of thioether (sulfide) groups is 1. The highest BCUT2D eigenvalue weighted by Gasteiger charge is 2.11. The molecule has 20 heavy (non-hydrogen) atoms. The Bertz CT molecular complexity index is 659. The summed E-state index contributed by atoms with van der Waals surface area (Å²) in [6.45, 7) is 0. The van der Waals surface area contributed by atoms with Gasteiger partial charge in [-0.05, 0) is 29.8 Å². The minimum atomic E-state index is -0.937. The Morgan fingerprint density at radius 3 is 2.50 bits per heavy atom. The zero-order valence-corrected chi connectivity index (χ0v) is 11.1. The standard InChI is InChI=1S/C14H11F3N2S/c15-11-5-4-9(6-12(11)16)20-7-8-2-1-3-10(13(8)17)14(18)19/h1-6H,7H2,(H3,18,19). The van der Waals surface area contributed by atoms with Crippen LogP contribution in [0.5, 0.6) is 0 Å². The first-order valence-electron chi connectivity index (χ1n) is 5.68. The van der Waals surface area contributed by atoms with Gasteiger partial charge in [0.1, 0.15) is 11.7 Å². The first-order chi connectivity index (χ1) is 9.49. The van der Waals surface area contributed by atoms with E-state index in [0.29, 0.717) is 10.5 Å². The van der Waals surface area contributed by atoms with Crippen molar-refractivity contribution in [2.24, 2.45) is 5.73 Å². The summed E-state index contributed by atoms with van der Waals surface area (Å²) in [6.07, 6.45) is 0. The van der Waals surface area contributed by atoms with Gasteiger partial charge in [0, 0.05) is 10.6 Å². The fourth-order valence-corrected chi connectivity index (χ4v) is 2.52. The molecule has 0 spiro atoms. The van der Waals surface area contributed by atoms with Crippen LogP contribution in [0.1, 0.15) is 11.1 Å². The van der Waals surface area contributed by atoms with Crippen LogP contribution in [0.4, 0.5) is 13.2 Å². The van der Waals surface area contributed by atoms with E-state index in [1.807, 2.05) is 0 Å². The lowest BCUT2D eigenvalue weighted by molar-refractivity contribution is 0.506. The molecular formula is C14H11F3N2S. The summed E-state index contributed by atoms with van der Waals surface area (Å²) >= 11 is 1.17. The number of hydrogen-bond donors (Lipinski definition) is 2. The van der Waals surface area contributed by atoms with E-state index in [1.165, 1.54) is 23.9 Å². The molecular weight excluding hydrogens is 285 g/mol. The van der Waals surface area contributed by atoms with Gasteiger partial charge < -0.3 is 5.73 Å². The largest absolute Gasteiger partial charge is 0.384 e. The van der Waals surface area contributed by atoms with Gasteiger partial charge in [0.05, 0.1) is 5.56 Å². The van der Waals surface area contributed by atoms with Gasteiger partial charge in [0.15, 0.2) is 11.6 Å². The van der Waals surface area contributed by atoms with Crippen LogP contribution in [0.2, 0.25) is 0 Å². The second kappa shape index (κ2) is 6.00. The number of nitrogens with two attached hydrogens (primary N) is 1. The molecule has 0 heterocycles. The molecule has 0 amide bonds. The van der Waals surface area contributed by atoms with E-state index in [4.69, 9.17) is 11.1 Å². The van der Waals surface area contributed by atoms with Crippen LogP contribution in [0.15, 0.2) is 41.3 Å². The minimum Gasteiger partial charge on any atom is -0.384 e. The van der Waals surface area contributed by atoms with Crippen molar-refractivity contribution in [1.82, 2.24) is 0 Å². The van der Waals surface area contributed by atoms with Crippen LogP contribution in [0, 0.1) is 22.9 Å². The molecule has 2 aromatic rings. The van der Waals surface area contributed by atoms with Gasteiger partial charge in [-0.2, -0.15) is 0 Å². The number of amidine groups is 1. The number of hydrogen-bond acceptors (Lipinski definition) is 2. The van der Waals surface area contributed by atoms with Gasteiger partial charge in [0.25, 0.3) is 0 Å². The summed E-state index contributed by atoms with van der Waals surface area (Å²) in [7, 11) is 0. The molecule has 3 N–H and O–H groups in total. The number of nitrogen functional groups attached to an aromatic ring is 1. The van der Waals surface area contributed by atoms with Crippen LogP contribution >= 0.6 is 11.8 Å². The van der Waals surface area contributed by atoms with E-state index >= 15 is 0 Å². The molecule has 0 saturated carbocycles. The minimum absolute atomic E-state index is 0.0355. The molecule has 6 heteroatoms. The highest BCUT2D eigenvalue weighted by atomic mass is 32.2. The van der Waals surface area contributed by atoms with Crippen molar-refractivity contribution in [3.63, 3.8) is 0 Å². The molecule has 0 bridgehead atoms. The van der Waals surface area contributed by atoms with Gasteiger partial charge in [-0.25, -0.2) is 13.2 Å². The van der Waals surface area contributed by atoms with Crippen molar-refractivity contribution < 1.29 is 13.2 Å². The molecule has 0 saturated heterocycles. The highest BCUT2D eigenvalue weighted by Crippen LogP contribution is 2.26. The van der Waals surface area contributed by atoms with E-state index in [1.54, 1.807) is 12.1 Å². The lowest BCUT2D eigenvalue weighted by atomic mass is 10.1. The number of nitrogens with one attached hydrogen (secondary N) is 1. The summed E-state index contributed by atoms with van der Waals surface area (Å²) in [5, 5.41) is 7.26. The van der Waals surface area contributed by atoms with Crippen molar-refractivity contribution >= 4 is 17.6 Å². The Balaban J connectivity index is 2.17. The quantitative estimate of drug-likeness (QED) is 0.513. The molecule has 0 aliphatic heterocycles. The Labute approximate surface area is 118 Å². The van der Waals surface area contributed by atoms with E-state index in [9.17, 15) is 13.2 Å². The van der Waals surface area contributed by atoms with Crippen LogP contribution in [-0.2, 0) is 5.75 Å². The summed E-state index contributed by atoms with van der Waals surface area (Å²) < 4.78 is 39.8. The van der Waals surface area contributed by atoms with Crippen molar-refractivity contribution in [1.29, 1.82) is 5.41 Å². The molecule has 0 aliphatic rings. The topological polar surface area (TPSA) is 49.9 Å². The average Bonchev–Trinajstić information content (AvgIpc) is 2.41. The summed E-state index contributed by atoms with van der Waals surface area (Å²) in [6, 6.07) is 8.10. The number of rotatable bonds is 4. The lowest BCUT2D eigenvalue weighted by Crippen LogP contribution is -2.14. The third-order valence-corrected chi connectivity index (χ3v) is 3.70. The van der Waals surface area contributed by atoms with Gasteiger partial charge in [-0.3, -0.25) is 5.41 Å². The molecule has 0 radical (unpaired) electrons. The fraction of sp³-hybridized carbons (Fsp3) is 0.0714. The fourth-order valence-electron chi connectivity index (χ4n) is 1.63. The molecule has 2 rings (SSSR count). The van der Waals surface area contributed by atoms with Crippen molar-refractivity contribution in [2.75, 3.05) is 0 Å². The first-order valence-corrected chi connectivity index (χ1v) is 6.67. The van der Waals surface area contributed by atoms with Gasteiger partial charge in [-0.15, -0.1) is 11.8 Å². The normalized spacial score (nSPS) is 10.6. The molecule has 104 valence electrons. The Morgan fingerprint density at radius 2 is 1.85 bits per heavy atom. The Kier molecular flexibility index (Phi) is 4.34. The Morgan fingerprint density at radius 1 is 1.10 bits per heavy atom. The number of halogens is 3. The zero-order chi connectivity index (χ0) is 14.7. The third-order valence-electron chi connectivity index (χ3n) is 2.65. The maximum atomic E-state index is 14.0. The van der Waals surface area contributed by atoms with E-state index in [-0.39, 0.29) is 17.2 Å². The predicted molar refractivity (Wildman–Crippen MR) is 73.3 cm³/mol. The zero-order valence-electron chi connectivity index (χ0n) is 10.3. The molecule has 0 aliphatic carbocycles. The van der Waals surface area contributed by atoms with E-state index < -0.39 is 17.5 Å². The Hall–Kier alpha value is -1.95. The maximum Gasteiger partial charge on any atom is 0.159 e. The van der Waals surface area contributed by atoms with Gasteiger partial charge >= 0.3 is 0 Å². The summed E-state index contributed by atoms with van der Waals surface area (Å²) in [5.41, 5.74) is 5.66. The first kappa shape index (κ1) is 14.5. The molecule has 0 aromatic heterocycles. The maximum absolute atomic E-state index is 14.0. The van der Waals surface area contributed by atoms with E-state index in [2.05, 4.69) is 0 Å². The van der Waals surface area contributed by atoms with Gasteiger partial charge in [-0.1, -0.05) is 12.1 Å². The second-order valence-corrected chi connectivity index (χ2v) is 5.11. The molecule has 2 nitrogen and oxygen atoms in total. The van der Waals surface area contributed by atoms with Crippen LogP contribution in [0.3, 0.4) is 0 Å². The van der Waals surface area contributed by atoms with Crippen LogP contribution in [-0.4, -0.2) is 5.84 Å². The molecule has 0 atom stereocenters. The predicted octanol–water partition coefficient (Wildman–Crippen LogP) is 3.68. The molecule has 2 aromatic carbocycles. The third kappa shape index (κ3) is 3.14.